The lowest BCUT2D eigenvalue weighted by Crippen LogP contribution is -2.34. The summed E-state index contributed by atoms with van der Waals surface area (Å²) in [5.74, 6) is 0. The van der Waals surface area contributed by atoms with Crippen molar-refractivity contribution in [1.82, 2.24) is 0 Å². The number of hydrogen-bond acceptors (Lipinski definition) is 2. The first kappa shape index (κ1) is 23.1. The van der Waals surface area contributed by atoms with Crippen LogP contribution < -0.4 is 5.30 Å². The highest BCUT2D eigenvalue weighted by Gasteiger charge is 2.54. The van der Waals surface area contributed by atoms with Gasteiger partial charge in [-0.05, 0) is 34.4 Å². The fourth-order valence-corrected chi connectivity index (χ4v) is 7.87. The molecule has 2 nitrogen and oxygen atoms in total. The minimum atomic E-state index is -3.64. The van der Waals surface area contributed by atoms with E-state index in [4.69, 9.17) is 4.52 Å². The van der Waals surface area contributed by atoms with E-state index in [1.54, 1.807) is 0 Å². The molecule has 5 rings (SSSR count). The summed E-state index contributed by atoms with van der Waals surface area (Å²) in [6.07, 6.45) is 0. The highest BCUT2D eigenvalue weighted by atomic mass is 31.2. The Hall–Kier alpha value is -3.71. The van der Waals surface area contributed by atoms with Crippen LogP contribution in [0.4, 0.5) is 0 Å². The minimum Gasteiger partial charge on any atom is -0.319 e. The summed E-state index contributed by atoms with van der Waals surface area (Å²) in [5.41, 5.74) is 3.76. The molecule has 3 heteroatoms. The Labute approximate surface area is 207 Å². The molecule has 0 aliphatic heterocycles. The first-order valence-electron chi connectivity index (χ1n) is 11.8. The van der Waals surface area contributed by atoms with Gasteiger partial charge in [0.05, 0.1) is 6.61 Å². The summed E-state index contributed by atoms with van der Waals surface area (Å²) >= 11 is 0. The summed E-state index contributed by atoms with van der Waals surface area (Å²) in [5, 5.41) is -0.361. The van der Waals surface area contributed by atoms with Gasteiger partial charge in [0.1, 0.15) is 5.16 Å². The van der Waals surface area contributed by atoms with E-state index >= 15 is 4.57 Å². The minimum absolute atomic E-state index is 0.237. The normalized spacial score (nSPS) is 13.1. The summed E-state index contributed by atoms with van der Waals surface area (Å²) in [7, 11) is -3.64. The molecule has 5 aromatic carbocycles. The zero-order valence-electron chi connectivity index (χ0n) is 19.4. The van der Waals surface area contributed by atoms with E-state index in [1.807, 2.05) is 115 Å². The molecule has 0 heterocycles. The largest absolute Gasteiger partial charge is 0.319 e. The van der Waals surface area contributed by atoms with Crippen LogP contribution in [0.5, 0.6) is 0 Å². The third-order valence-electron chi connectivity index (χ3n) is 6.37. The summed E-state index contributed by atoms with van der Waals surface area (Å²) in [4.78, 5) is 0. The Bertz CT molecular complexity index is 1290. The van der Waals surface area contributed by atoms with Crippen molar-refractivity contribution < 1.29 is 9.09 Å². The van der Waals surface area contributed by atoms with Gasteiger partial charge in [0.2, 0.25) is 0 Å². The van der Waals surface area contributed by atoms with Crippen molar-refractivity contribution in [3.8, 4) is 0 Å². The van der Waals surface area contributed by atoms with Gasteiger partial charge in [0.25, 0.3) is 7.37 Å². The Kier molecular flexibility index (Phi) is 6.77. The molecule has 0 aliphatic carbocycles. The van der Waals surface area contributed by atoms with E-state index < -0.39 is 12.5 Å². The van der Waals surface area contributed by atoms with Crippen molar-refractivity contribution in [2.24, 2.45) is 0 Å². The molecule has 0 N–H and O–H groups in total. The highest BCUT2D eigenvalue weighted by Crippen LogP contribution is 2.69. The Balaban J connectivity index is 1.85. The van der Waals surface area contributed by atoms with Gasteiger partial charge >= 0.3 is 0 Å². The smallest absolute Gasteiger partial charge is 0.251 e. The fourth-order valence-electron chi connectivity index (χ4n) is 4.78. The van der Waals surface area contributed by atoms with Crippen molar-refractivity contribution >= 4 is 12.7 Å². The third-order valence-corrected chi connectivity index (χ3v) is 9.50. The highest BCUT2D eigenvalue weighted by molar-refractivity contribution is 7.68. The van der Waals surface area contributed by atoms with Crippen molar-refractivity contribution in [2.45, 2.75) is 11.8 Å². The molecule has 0 spiro atoms. The van der Waals surface area contributed by atoms with E-state index in [0.29, 0.717) is 5.30 Å². The predicted molar refractivity (Wildman–Crippen MR) is 144 cm³/mol. The summed E-state index contributed by atoms with van der Waals surface area (Å²) in [6.45, 7) is 0.237. The molecular weight excluding hydrogens is 447 g/mol. The van der Waals surface area contributed by atoms with E-state index in [2.05, 4.69) is 36.4 Å². The molecule has 1 unspecified atom stereocenters. The molecule has 1 atom stereocenters. The molecule has 172 valence electrons. The van der Waals surface area contributed by atoms with E-state index in [0.717, 1.165) is 22.3 Å². The van der Waals surface area contributed by atoms with Crippen molar-refractivity contribution in [2.75, 3.05) is 0 Å². The predicted octanol–water partition coefficient (Wildman–Crippen LogP) is 7.80. The Morgan fingerprint density at radius 3 is 1.23 bits per heavy atom. The number of hydrogen-bond donors (Lipinski definition) is 0. The van der Waals surface area contributed by atoms with Crippen LogP contribution in [0.3, 0.4) is 0 Å². The topological polar surface area (TPSA) is 26.3 Å². The third kappa shape index (κ3) is 4.28. The standard InChI is InChI=1S/C32H27O2P/c33-35(31-24-14-5-15-25-31,34-26-27-16-6-1-7-17-27)32(28-18-8-2-9-19-28,29-20-10-3-11-21-29)30-22-12-4-13-23-30/h1-25H,26H2. The van der Waals surface area contributed by atoms with Crippen molar-refractivity contribution in [1.29, 1.82) is 0 Å². The van der Waals surface area contributed by atoms with Gasteiger partial charge in [-0.1, -0.05) is 140 Å². The number of benzene rings is 5. The van der Waals surface area contributed by atoms with Crippen molar-refractivity contribution in [3.05, 3.63) is 174 Å². The SMILES string of the molecule is O=P(OCc1ccccc1)(c1ccccc1)C(c1ccccc1)(c1ccccc1)c1ccccc1. The van der Waals surface area contributed by atoms with Gasteiger partial charge in [-0.15, -0.1) is 0 Å². The second kappa shape index (κ2) is 10.3. The zero-order valence-corrected chi connectivity index (χ0v) is 20.3. The quantitative estimate of drug-likeness (QED) is 0.169. The molecule has 0 aromatic heterocycles. The second-order valence-corrected chi connectivity index (χ2v) is 11.0. The second-order valence-electron chi connectivity index (χ2n) is 8.45. The van der Waals surface area contributed by atoms with Gasteiger partial charge in [-0.2, -0.15) is 0 Å². The molecule has 0 saturated carbocycles. The lowest BCUT2D eigenvalue weighted by Gasteiger charge is -2.42. The van der Waals surface area contributed by atoms with Gasteiger partial charge in [0.15, 0.2) is 0 Å². The van der Waals surface area contributed by atoms with E-state index in [1.165, 1.54) is 0 Å². The Morgan fingerprint density at radius 2 is 0.829 bits per heavy atom. The average molecular weight is 475 g/mol. The Morgan fingerprint density at radius 1 is 0.486 bits per heavy atom. The molecule has 0 amide bonds. The molecule has 0 saturated heterocycles. The summed E-state index contributed by atoms with van der Waals surface area (Å²) < 4.78 is 22.5. The maximum absolute atomic E-state index is 15.8. The summed E-state index contributed by atoms with van der Waals surface area (Å²) in [6, 6.07) is 49.9. The monoisotopic (exact) mass is 474 g/mol. The molecule has 0 aliphatic rings. The molecule has 0 bridgehead atoms. The van der Waals surface area contributed by atoms with Gasteiger partial charge in [-0.3, -0.25) is 4.57 Å². The van der Waals surface area contributed by atoms with Crippen LogP contribution in [0.15, 0.2) is 152 Å². The fraction of sp³-hybridized carbons (Fsp3) is 0.0625. The van der Waals surface area contributed by atoms with Gasteiger partial charge < -0.3 is 4.52 Å². The average Bonchev–Trinajstić information content (AvgIpc) is 2.95. The molecular formula is C32H27O2P. The van der Waals surface area contributed by atoms with Crippen LogP contribution in [0.1, 0.15) is 22.3 Å². The van der Waals surface area contributed by atoms with Crippen LogP contribution >= 0.6 is 7.37 Å². The van der Waals surface area contributed by atoms with Gasteiger partial charge in [0, 0.05) is 5.30 Å². The zero-order chi connectivity index (χ0) is 24.0. The van der Waals surface area contributed by atoms with Crippen LogP contribution in [0, 0.1) is 0 Å². The maximum atomic E-state index is 15.8. The number of rotatable bonds is 8. The van der Waals surface area contributed by atoms with E-state index in [-0.39, 0.29) is 6.61 Å². The first-order valence-corrected chi connectivity index (χ1v) is 13.4. The lowest BCUT2D eigenvalue weighted by atomic mass is 9.84. The lowest BCUT2D eigenvalue weighted by molar-refractivity contribution is 0.299. The molecule has 35 heavy (non-hydrogen) atoms. The van der Waals surface area contributed by atoms with Crippen molar-refractivity contribution in [3.63, 3.8) is 0 Å². The first-order chi connectivity index (χ1) is 17.2. The molecule has 5 aromatic rings. The van der Waals surface area contributed by atoms with Gasteiger partial charge in [-0.25, -0.2) is 0 Å². The molecule has 0 radical (unpaired) electrons. The van der Waals surface area contributed by atoms with Crippen LogP contribution in [-0.4, -0.2) is 0 Å². The van der Waals surface area contributed by atoms with E-state index in [9.17, 15) is 0 Å². The maximum Gasteiger partial charge on any atom is 0.251 e. The molecule has 0 fully saturated rings. The van der Waals surface area contributed by atoms with Crippen LogP contribution in [-0.2, 0) is 20.9 Å². The van der Waals surface area contributed by atoms with Crippen LogP contribution in [0.2, 0.25) is 0 Å². The van der Waals surface area contributed by atoms with Crippen LogP contribution in [0.25, 0.3) is 0 Å².